The summed E-state index contributed by atoms with van der Waals surface area (Å²) >= 11 is 1.82. The number of nitrogens with two attached hydrogens (primary N) is 1. The topological polar surface area (TPSA) is 38.9 Å². The van der Waals surface area contributed by atoms with E-state index in [4.69, 9.17) is 5.73 Å². The van der Waals surface area contributed by atoms with Gasteiger partial charge in [-0.1, -0.05) is 24.3 Å². The second kappa shape index (κ2) is 5.84. The maximum Gasteiger partial charge on any atom is 0.0550 e. The molecule has 2 aromatic rings. The highest BCUT2D eigenvalue weighted by atomic mass is 32.2. The van der Waals surface area contributed by atoms with Crippen LogP contribution in [-0.4, -0.2) is 4.98 Å². The lowest BCUT2D eigenvalue weighted by Crippen LogP contribution is -1.98. The van der Waals surface area contributed by atoms with Crippen molar-refractivity contribution in [3.05, 3.63) is 59.4 Å². The molecule has 0 saturated carbocycles. The molecule has 1 aromatic carbocycles. The van der Waals surface area contributed by atoms with E-state index in [-0.39, 0.29) is 0 Å². The first-order chi connectivity index (χ1) is 8.29. The van der Waals surface area contributed by atoms with Gasteiger partial charge in [0, 0.05) is 23.4 Å². The Bertz CT molecular complexity index is 497. The number of thioether (sulfide) groups is 1. The predicted octanol–water partition coefficient (Wildman–Crippen LogP) is 3.14. The van der Waals surface area contributed by atoms with Crippen LogP contribution >= 0.6 is 11.8 Å². The molecule has 0 aliphatic rings. The molecule has 0 bridgehead atoms. The molecule has 17 heavy (non-hydrogen) atoms. The average molecular weight is 244 g/mol. The summed E-state index contributed by atoms with van der Waals surface area (Å²) in [7, 11) is 0. The number of hydrogen-bond acceptors (Lipinski definition) is 3. The minimum Gasteiger partial charge on any atom is -0.325 e. The van der Waals surface area contributed by atoms with E-state index in [1.54, 1.807) is 0 Å². The van der Waals surface area contributed by atoms with Gasteiger partial charge in [0.1, 0.15) is 0 Å². The van der Waals surface area contributed by atoms with Gasteiger partial charge in [0.2, 0.25) is 0 Å². The van der Waals surface area contributed by atoms with Crippen LogP contribution < -0.4 is 5.73 Å². The Morgan fingerprint density at radius 3 is 2.82 bits per heavy atom. The van der Waals surface area contributed by atoms with Gasteiger partial charge in [0.15, 0.2) is 0 Å². The van der Waals surface area contributed by atoms with E-state index >= 15 is 0 Å². The van der Waals surface area contributed by atoms with Crippen LogP contribution in [-0.2, 0) is 12.3 Å². The maximum absolute atomic E-state index is 5.58. The van der Waals surface area contributed by atoms with Crippen molar-refractivity contribution in [2.24, 2.45) is 5.73 Å². The summed E-state index contributed by atoms with van der Waals surface area (Å²) in [5.74, 6) is 0.987. The summed E-state index contributed by atoms with van der Waals surface area (Å²) in [5, 5.41) is 0. The summed E-state index contributed by atoms with van der Waals surface area (Å²) in [6.07, 6.45) is 1.82. The number of pyridine rings is 1. The van der Waals surface area contributed by atoms with Crippen molar-refractivity contribution in [1.29, 1.82) is 0 Å². The van der Waals surface area contributed by atoms with Gasteiger partial charge in [0.25, 0.3) is 0 Å². The van der Waals surface area contributed by atoms with Crippen molar-refractivity contribution in [2.75, 3.05) is 0 Å². The van der Waals surface area contributed by atoms with Crippen LogP contribution in [0.25, 0.3) is 0 Å². The SMILES string of the molecule is Cc1ccccc1CSc1ccnc(CN)c1. The molecule has 0 spiro atoms. The zero-order valence-corrected chi connectivity index (χ0v) is 10.7. The first-order valence-corrected chi connectivity index (χ1v) is 6.60. The lowest BCUT2D eigenvalue weighted by molar-refractivity contribution is 0.976. The van der Waals surface area contributed by atoms with Crippen LogP contribution in [0.2, 0.25) is 0 Å². The Labute approximate surface area is 106 Å². The number of aryl methyl sites for hydroxylation is 1. The second-order valence-electron chi connectivity index (χ2n) is 3.90. The second-order valence-corrected chi connectivity index (χ2v) is 4.95. The van der Waals surface area contributed by atoms with Crippen LogP contribution in [0.15, 0.2) is 47.5 Å². The van der Waals surface area contributed by atoms with Gasteiger partial charge in [-0.05, 0) is 30.2 Å². The molecular formula is C14H16N2S. The lowest BCUT2D eigenvalue weighted by atomic mass is 10.1. The Morgan fingerprint density at radius 2 is 2.06 bits per heavy atom. The van der Waals surface area contributed by atoms with Crippen molar-refractivity contribution in [1.82, 2.24) is 4.98 Å². The molecule has 2 N–H and O–H groups in total. The standard InChI is InChI=1S/C14H16N2S/c1-11-4-2-3-5-12(11)10-17-14-6-7-16-13(8-14)9-15/h2-8H,9-10,15H2,1H3. The van der Waals surface area contributed by atoms with Crippen molar-refractivity contribution in [3.63, 3.8) is 0 Å². The molecule has 88 valence electrons. The molecule has 0 radical (unpaired) electrons. The highest BCUT2D eigenvalue weighted by molar-refractivity contribution is 7.98. The number of benzene rings is 1. The van der Waals surface area contributed by atoms with Crippen LogP contribution in [0.4, 0.5) is 0 Å². The molecule has 2 nitrogen and oxygen atoms in total. The van der Waals surface area contributed by atoms with E-state index in [2.05, 4.69) is 42.2 Å². The highest BCUT2D eigenvalue weighted by Gasteiger charge is 2.00. The summed E-state index contributed by atoms with van der Waals surface area (Å²) in [6.45, 7) is 2.65. The summed E-state index contributed by atoms with van der Waals surface area (Å²) < 4.78 is 0. The maximum atomic E-state index is 5.58. The molecule has 0 aliphatic carbocycles. The number of hydrogen-bond donors (Lipinski definition) is 1. The summed E-state index contributed by atoms with van der Waals surface area (Å²) in [4.78, 5) is 5.42. The molecule has 0 saturated heterocycles. The number of aromatic nitrogens is 1. The number of nitrogens with zero attached hydrogens (tertiary/aromatic N) is 1. The van der Waals surface area contributed by atoms with Gasteiger partial charge < -0.3 is 5.73 Å². The Morgan fingerprint density at radius 1 is 1.24 bits per heavy atom. The van der Waals surface area contributed by atoms with Gasteiger partial charge in [-0.25, -0.2) is 0 Å². The molecule has 0 unspecified atom stereocenters. The normalized spacial score (nSPS) is 10.5. The minimum atomic E-state index is 0.499. The highest BCUT2D eigenvalue weighted by Crippen LogP contribution is 2.24. The van der Waals surface area contributed by atoms with Crippen LogP contribution in [0.1, 0.15) is 16.8 Å². The van der Waals surface area contributed by atoms with Crippen LogP contribution in [0.3, 0.4) is 0 Å². The van der Waals surface area contributed by atoms with Gasteiger partial charge in [-0.15, -0.1) is 11.8 Å². The lowest BCUT2D eigenvalue weighted by Gasteiger charge is -2.06. The minimum absolute atomic E-state index is 0.499. The quantitative estimate of drug-likeness (QED) is 0.840. The summed E-state index contributed by atoms with van der Waals surface area (Å²) in [6, 6.07) is 12.6. The zero-order valence-electron chi connectivity index (χ0n) is 9.89. The van der Waals surface area contributed by atoms with Gasteiger partial charge >= 0.3 is 0 Å². The van der Waals surface area contributed by atoms with Gasteiger partial charge in [-0.2, -0.15) is 0 Å². The fourth-order valence-corrected chi connectivity index (χ4v) is 2.61. The zero-order chi connectivity index (χ0) is 12.1. The van der Waals surface area contributed by atoms with E-state index in [0.717, 1.165) is 11.4 Å². The third-order valence-electron chi connectivity index (χ3n) is 2.65. The van der Waals surface area contributed by atoms with E-state index in [0.29, 0.717) is 6.54 Å². The molecule has 0 fully saturated rings. The van der Waals surface area contributed by atoms with E-state index in [9.17, 15) is 0 Å². The Balaban J connectivity index is 2.05. The average Bonchev–Trinajstić information content (AvgIpc) is 2.38. The monoisotopic (exact) mass is 244 g/mol. The molecule has 1 aromatic heterocycles. The molecule has 2 rings (SSSR count). The van der Waals surface area contributed by atoms with E-state index in [1.165, 1.54) is 16.0 Å². The van der Waals surface area contributed by atoms with E-state index < -0.39 is 0 Å². The van der Waals surface area contributed by atoms with Crippen molar-refractivity contribution in [3.8, 4) is 0 Å². The third-order valence-corrected chi connectivity index (χ3v) is 3.70. The molecule has 0 aliphatic heterocycles. The van der Waals surface area contributed by atoms with Crippen molar-refractivity contribution in [2.45, 2.75) is 24.1 Å². The number of rotatable bonds is 4. The Hall–Kier alpha value is -1.32. The summed E-state index contributed by atoms with van der Waals surface area (Å²) in [5.41, 5.74) is 9.24. The van der Waals surface area contributed by atoms with Crippen LogP contribution in [0, 0.1) is 6.92 Å². The molecular weight excluding hydrogens is 228 g/mol. The largest absolute Gasteiger partial charge is 0.325 e. The molecule has 0 atom stereocenters. The fraction of sp³-hybridized carbons (Fsp3) is 0.214. The molecule has 3 heteroatoms. The van der Waals surface area contributed by atoms with Crippen LogP contribution in [0.5, 0.6) is 0 Å². The third kappa shape index (κ3) is 3.32. The molecule has 0 amide bonds. The predicted molar refractivity (Wildman–Crippen MR) is 72.9 cm³/mol. The molecule has 1 heterocycles. The van der Waals surface area contributed by atoms with Gasteiger partial charge in [0.05, 0.1) is 5.69 Å². The first kappa shape index (κ1) is 12.1. The van der Waals surface area contributed by atoms with E-state index in [1.807, 2.05) is 24.0 Å². The first-order valence-electron chi connectivity index (χ1n) is 5.62. The van der Waals surface area contributed by atoms with Crippen molar-refractivity contribution < 1.29 is 0 Å². The van der Waals surface area contributed by atoms with Gasteiger partial charge in [-0.3, -0.25) is 4.98 Å². The smallest absolute Gasteiger partial charge is 0.0550 e. The van der Waals surface area contributed by atoms with Crippen molar-refractivity contribution >= 4 is 11.8 Å². The Kier molecular flexibility index (Phi) is 4.18. The fourth-order valence-electron chi connectivity index (χ4n) is 1.59.